The van der Waals surface area contributed by atoms with Crippen LogP contribution >= 0.6 is 15.9 Å². The summed E-state index contributed by atoms with van der Waals surface area (Å²) in [4.78, 5) is 0. The summed E-state index contributed by atoms with van der Waals surface area (Å²) in [5.74, 6) is 0. The van der Waals surface area contributed by atoms with E-state index >= 15 is 0 Å². The molecule has 1 aromatic carbocycles. The van der Waals surface area contributed by atoms with Gasteiger partial charge < -0.3 is 10.3 Å². The molecular formula is C12H15BrN2. The summed E-state index contributed by atoms with van der Waals surface area (Å²) < 4.78 is 3.29. The first kappa shape index (κ1) is 10.7. The molecule has 1 heterocycles. The number of halogens is 1. The van der Waals surface area contributed by atoms with Crippen LogP contribution in [0.3, 0.4) is 0 Å². The number of rotatable bonds is 2. The fourth-order valence-corrected chi connectivity index (χ4v) is 2.66. The largest absolute Gasteiger partial charge is 0.349 e. The molecule has 80 valence electrons. The van der Waals surface area contributed by atoms with E-state index in [1.807, 2.05) is 6.92 Å². The summed E-state index contributed by atoms with van der Waals surface area (Å²) in [6.07, 6.45) is 3.09. The van der Waals surface area contributed by atoms with Crippen LogP contribution in [0.5, 0.6) is 0 Å². The highest BCUT2D eigenvalue weighted by atomic mass is 79.9. The van der Waals surface area contributed by atoms with Crippen molar-refractivity contribution in [2.75, 3.05) is 0 Å². The van der Waals surface area contributed by atoms with E-state index in [-0.39, 0.29) is 6.04 Å². The molecule has 0 radical (unpaired) electrons. The maximum atomic E-state index is 5.84. The summed E-state index contributed by atoms with van der Waals surface area (Å²) >= 11 is 3.58. The van der Waals surface area contributed by atoms with Gasteiger partial charge in [0.15, 0.2) is 0 Å². The Morgan fingerprint density at radius 1 is 1.47 bits per heavy atom. The van der Waals surface area contributed by atoms with Crippen LogP contribution in [0.4, 0.5) is 0 Å². The highest BCUT2D eigenvalue weighted by Gasteiger charge is 2.09. The molecule has 15 heavy (non-hydrogen) atoms. The molecule has 3 heteroatoms. The lowest BCUT2D eigenvalue weighted by Crippen LogP contribution is -2.17. The first-order valence-electron chi connectivity index (χ1n) is 5.07. The van der Waals surface area contributed by atoms with Crippen molar-refractivity contribution in [3.8, 4) is 0 Å². The van der Waals surface area contributed by atoms with Crippen LogP contribution in [0.1, 0.15) is 12.5 Å². The van der Waals surface area contributed by atoms with Gasteiger partial charge in [0.05, 0.1) is 5.52 Å². The molecule has 0 bridgehead atoms. The van der Waals surface area contributed by atoms with E-state index in [1.165, 1.54) is 16.5 Å². The molecule has 1 aromatic heterocycles. The molecule has 0 fully saturated rings. The number of aromatic nitrogens is 1. The van der Waals surface area contributed by atoms with Crippen molar-refractivity contribution in [1.29, 1.82) is 0 Å². The molecule has 0 spiro atoms. The van der Waals surface area contributed by atoms with Gasteiger partial charge in [0, 0.05) is 29.1 Å². The van der Waals surface area contributed by atoms with Crippen molar-refractivity contribution in [3.05, 3.63) is 34.4 Å². The van der Waals surface area contributed by atoms with Gasteiger partial charge in [-0.3, -0.25) is 0 Å². The van der Waals surface area contributed by atoms with Crippen molar-refractivity contribution >= 4 is 26.8 Å². The first-order chi connectivity index (χ1) is 7.09. The van der Waals surface area contributed by atoms with Gasteiger partial charge in [-0.15, -0.1) is 0 Å². The fraction of sp³-hybridized carbons (Fsp3) is 0.333. The summed E-state index contributed by atoms with van der Waals surface area (Å²) in [6, 6.07) is 6.49. The lowest BCUT2D eigenvalue weighted by Gasteiger charge is -2.02. The van der Waals surface area contributed by atoms with Crippen LogP contribution in [0, 0.1) is 0 Å². The third-order valence-corrected chi connectivity index (χ3v) is 3.22. The molecule has 2 aromatic rings. The van der Waals surface area contributed by atoms with Gasteiger partial charge in [-0.05, 0) is 40.9 Å². The van der Waals surface area contributed by atoms with Crippen LogP contribution in [0.15, 0.2) is 28.9 Å². The fourth-order valence-electron chi connectivity index (χ4n) is 2.01. The molecule has 0 amide bonds. The van der Waals surface area contributed by atoms with Crippen LogP contribution in [-0.4, -0.2) is 10.6 Å². The molecule has 2 rings (SSSR count). The molecule has 0 aliphatic rings. The number of nitrogens with two attached hydrogens (primary N) is 1. The summed E-state index contributed by atoms with van der Waals surface area (Å²) in [7, 11) is 2.07. The Morgan fingerprint density at radius 2 is 2.20 bits per heavy atom. The standard InChI is InChI=1S/C12H15BrN2/c1-8(14)6-9-7-15(2)12-10(9)4-3-5-11(12)13/h3-5,7-8H,6,14H2,1-2H3. The van der Waals surface area contributed by atoms with Crippen molar-refractivity contribution in [3.63, 3.8) is 0 Å². The van der Waals surface area contributed by atoms with Crippen LogP contribution in [0.2, 0.25) is 0 Å². The molecule has 1 atom stereocenters. The number of aryl methyl sites for hydroxylation is 1. The number of fused-ring (bicyclic) bond motifs is 1. The second-order valence-electron chi connectivity index (χ2n) is 4.08. The Kier molecular flexibility index (Phi) is 2.85. The number of hydrogen-bond acceptors (Lipinski definition) is 1. The molecule has 2 N–H and O–H groups in total. The maximum Gasteiger partial charge on any atom is 0.0624 e. The molecule has 2 nitrogen and oxygen atoms in total. The molecule has 1 unspecified atom stereocenters. The van der Waals surface area contributed by atoms with Crippen molar-refractivity contribution < 1.29 is 0 Å². The topological polar surface area (TPSA) is 30.9 Å². The quantitative estimate of drug-likeness (QED) is 0.891. The van der Waals surface area contributed by atoms with Gasteiger partial charge in [0.25, 0.3) is 0 Å². The van der Waals surface area contributed by atoms with E-state index in [2.05, 4.69) is 51.9 Å². The van der Waals surface area contributed by atoms with E-state index in [0.717, 1.165) is 10.9 Å². The Balaban J connectivity index is 2.63. The minimum absolute atomic E-state index is 0.203. The highest BCUT2D eigenvalue weighted by Crippen LogP contribution is 2.28. The average molecular weight is 267 g/mol. The predicted octanol–water partition coefficient (Wildman–Crippen LogP) is 2.83. The van der Waals surface area contributed by atoms with Crippen LogP contribution in [-0.2, 0) is 13.5 Å². The van der Waals surface area contributed by atoms with E-state index in [0.29, 0.717) is 0 Å². The molecular weight excluding hydrogens is 252 g/mol. The SMILES string of the molecule is CC(N)Cc1cn(C)c2c(Br)cccc12. The molecule has 0 saturated carbocycles. The second kappa shape index (κ2) is 3.99. The normalized spacial score (nSPS) is 13.3. The second-order valence-corrected chi connectivity index (χ2v) is 4.94. The van der Waals surface area contributed by atoms with Crippen LogP contribution < -0.4 is 5.73 Å². The van der Waals surface area contributed by atoms with Gasteiger partial charge in [0.1, 0.15) is 0 Å². The molecule has 0 aliphatic heterocycles. The first-order valence-corrected chi connectivity index (χ1v) is 5.87. The Bertz CT molecular complexity index is 486. The zero-order valence-corrected chi connectivity index (χ0v) is 10.6. The van der Waals surface area contributed by atoms with Gasteiger partial charge in [-0.25, -0.2) is 0 Å². The van der Waals surface area contributed by atoms with E-state index in [1.54, 1.807) is 0 Å². The molecule has 0 saturated heterocycles. The third-order valence-electron chi connectivity index (χ3n) is 2.58. The third kappa shape index (κ3) is 1.94. The predicted molar refractivity (Wildman–Crippen MR) is 68.0 cm³/mol. The van der Waals surface area contributed by atoms with E-state index < -0.39 is 0 Å². The Labute approximate surface area is 98.2 Å². The van der Waals surface area contributed by atoms with Gasteiger partial charge in [-0.2, -0.15) is 0 Å². The van der Waals surface area contributed by atoms with Gasteiger partial charge >= 0.3 is 0 Å². The number of para-hydroxylation sites is 1. The van der Waals surface area contributed by atoms with E-state index in [9.17, 15) is 0 Å². The average Bonchev–Trinajstić information content (AvgIpc) is 2.44. The summed E-state index contributed by atoms with van der Waals surface area (Å²) in [5.41, 5.74) is 8.41. The number of benzene rings is 1. The Morgan fingerprint density at radius 3 is 2.87 bits per heavy atom. The minimum Gasteiger partial charge on any atom is -0.349 e. The number of nitrogens with zero attached hydrogens (tertiary/aromatic N) is 1. The van der Waals surface area contributed by atoms with Crippen LogP contribution in [0.25, 0.3) is 10.9 Å². The lowest BCUT2D eigenvalue weighted by molar-refractivity contribution is 0.738. The zero-order valence-electron chi connectivity index (χ0n) is 9.00. The summed E-state index contributed by atoms with van der Waals surface area (Å²) in [5, 5.41) is 1.30. The molecule has 0 aliphatic carbocycles. The Hall–Kier alpha value is -0.800. The van der Waals surface area contributed by atoms with Crippen molar-refractivity contribution in [2.45, 2.75) is 19.4 Å². The monoisotopic (exact) mass is 266 g/mol. The number of hydrogen-bond donors (Lipinski definition) is 1. The van der Waals surface area contributed by atoms with Gasteiger partial charge in [-0.1, -0.05) is 12.1 Å². The minimum atomic E-state index is 0.203. The maximum absolute atomic E-state index is 5.84. The van der Waals surface area contributed by atoms with Crippen molar-refractivity contribution in [2.24, 2.45) is 12.8 Å². The van der Waals surface area contributed by atoms with E-state index in [4.69, 9.17) is 5.73 Å². The van der Waals surface area contributed by atoms with Crippen molar-refractivity contribution in [1.82, 2.24) is 4.57 Å². The summed E-state index contributed by atoms with van der Waals surface area (Å²) in [6.45, 7) is 2.04. The van der Waals surface area contributed by atoms with Gasteiger partial charge in [0.2, 0.25) is 0 Å². The lowest BCUT2D eigenvalue weighted by atomic mass is 10.1. The highest BCUT2D eigenvalue weighted by molar-refractivity contribution is 9.10. The smallest absolute Gasteiger partial charge is 0.0624 e. The zero-order chi connectivity index (χ0) is 11.0.